The number of carbonyl (C=O) groups is 1. The summed E-state index contributed by atoms with van der Waals surface area (Å²) in [6.45, 7) is 2.24. The predicted octanol–water partition coefficient (Wildman–Crippen LogP) is 0.292. The quantitative estimate of drug-likeness (QED) is 0.423. The molecule has 0 bridgehead atoms. The lowest BCUT2D eigenvalue weighted by Crippen LogP contribution is -2.16. The van der Waals surface area contributed by atoms with Crippen LogP contribution in [0.2, 0.25) is 0 Å². The molecule has 7 N–H and O–H groups in total. The topological polar surface area (TPSA) is 141 Å². The van der Waals surface area contributed by atoms with Crippen LogP contribution in [0, 0.1) is 6.92 Å². The number of nitrogen functional groups attached to an aromatic ring is 1. The maximum absolute atomic E-state index is 11.5. The van der Waals surface area contributed by atoms with Crippen LogP contribution in [0.5, 0.6) is 0 Å². The zero-order chi connectivity index (χ0) is 15.3. The second kappa shape index (κ2) is 6.58. The largest absolute Gasteiger partial charge is 0.399 e. The van der Waals surface area contributed by atoms with Crippen LogP contribution in [-0.2, 0) is 14.8 Å². The number of rotatable bonds is 7. The van der Waals surface area contributed by atoms with Crippen molar-refractivity contribution in [1.29, 1.82) is 0 Å². The Morgan fingerprint density at radius 3 is 2.50 bits per heavy atom. The Bertz CT molecular complexity index is 599. The molecule has 0 aliphatic rings. The standard InChI is InChI=1S/C12H20N4O3S/c1-8-10(16-5-3-2-4-12(14)17)6-9(13)7-11(8)20(15,18)19/h6-7,16H,2-5,13H2,1H3,(H2,14,17)(H2,15,18,19). The first-order chi connectivity index (χ1) is 9.21. The van der Waals surface area contributed by atoms with Gasteiger partial charge in [0.2, 0.25) is 15.9 Å². The molecule has 0 heterocycles. The van der Waals surface area contributed by atoms with Crippen LogP contribution in [0.25, 0.3) is 0 Å². The van der Waals surface area contributed by atoms with E-state index >= 15 is 0 Å². The minimum atomic E-state index is -3.81. The van der Waals surface area contributed by atoms with Gasteiger partial charge in [-0.25, -0.2) is 13.6 Å². The van der Waals surface area contributed by atoms with E-state index in [4.69, 9.17) is 16.6 Å². The Balaban J connectivity index is 2.76. The van der Waals surface area contributed by atoms with Crippen LogP contribution in [0.3, 0.4) is 0 Å². The molecule has 0 spiro atoms. The number of hydrogen-bond donors (Lipinski definition) is 4. The maximum Gasteiger partial charge on any atom is 0.238 e. The third-order valence-corrected chi connectivity index (χ3v) is 3.89. The third kappa shape index (κ3) is 4.71. The van der Waals surface area contributed by atoms with Gasteiger partial charge in [-0.1, -0.05) is 0 Å². The van der Waals surface area contributed by atoms with E-state index < -0.39 is 10.0 Å². The van der Waals surface area contributed by atoms with Gasteiger partial charge < -0.3 is 16.8 Å². The van der Waals surface area contributed by atoms with E-state index in [0.717, 1.165) is 6.42 Å². The van der Waals surface area contributed by atoms with Crippen LogP contribution in [-0.4, -0.2) is 20.9 Å². The molecule has 0 fully saturated rings. The average molecular weight is 300 g/mol. The number of unbranched alkanes of at least 4 members (excludes halogenated alkanes) is 1. The number of benzene rings is 1. The minimum Gasteiger partial charge on any atom is -0.399 e. The van der Waals surface area contributed by atoms with Crippen LogP contribution >= 0.6 is 0 Å². The number of amides is 1. The van der Waals surface area contributed by atoms with Gasteiger partial charge in [-0.15, -0.1) is 0 Å². The maximum atomic E-state index is 11.5. The summed E-state index contributed by atoms with van der Waals surface area (Å²) in [6, 6.07) is 2.99. The van der Waals surface area contributed by atoms with Crippen molar-refractivity contribution in [2.45, 2.75) is 31.1 Å². The molecule has 0 aliphatic carbocycles. The summed E-state index contributed by atoms with van der Waals surface area (Å²) in [6.07, 6.45) is 1.74. The second-order valence-electron chi connectivity index (χ2n) is 4.59. The summed E-state index contributed by atoms with van der Waals surface area (Å²) in [5.74, 6) is -0.332. The van der Waals surface area contributed by atoms with E-state index in [-0.39, 0.29) is 10.8 Å². The van der Waals surface area contributed by atoms with E-state index in [2.05, 4.69) is 5.32 Å². The third-order valence-electron chi connectivity index (χ3n) is 2.85. The molecule has 1 amide bonds. The highest BCUT2D eigenvalue weighted by atomic mass is 32.2. The molecule has 0 aliphatic heterocycles. The molecular weight excluding hydrogens is 280 g/mol. The molecule has 0 unspecified atom stereocenters. The second-order valence-corrected chi connectivity index (χ2v) is 6.12. The molecule has 7 nitrogen and oxygen atoms in total. The molecule has 0 atom stereocenters. The van der Waals surface area contributed by atoms with Crippen molar-refractivity contribution in [1.82, 2.24) is 0 Å². The van der Waals surface area contributed by atoms with E-state index in [1.807, 2.05) is 0 Å². The summed E-state index contributed by atoms with van der Waals surface area (Å²) in [5, 5.41) is 8.23. The summed E-state index contributed by atoms with van der Waals surface area (Å²) in [7, 11) is -3.81. The molecule has 8 heteroatoms. The normalized spacial score (nSPS) is 11.3. The van der Waals surface area contributed by atoms with E-state index in [1.165, 1.54) is 6.07 Å². The molecule has 0 saturated heterocycles. The van der Waals surface area contributed by atoms with E-state index in [1.54, 1.807) is 13.0 Å². The number of sulfonamides is 1. The van der Waals surface area contributed by atoms with Gasteiger partial charge >= 0.3 is 0 Å². The van der Waals surface area contributed by atoms with Crippen LogP contribution in [0.1, 0.15) is 24.8 Å². The molecular formula is C12H20N4O3S. The lowest BCUT2D eigenvalue weighted by atomic mass is 10.1. The smallest absolute Gasteiger partial charge is 0.238 e. The van der Waals surface area contributed by atoms with Crippen molar-refractivity contribution in [3.8, 4) is 0 Å². The molecule has 0 radical (unpaired) electrons. The Kier molecular flexibility index (Phi) is 5.34. The van der Waals surface area contributed by atoms with E-state index in [9.17, 15) is 13.2 Å². The van der Waals surface area contributed by atoms with Crippen LogP contribution < -0.4 is 21.9 Å². The highest BCUT2D eigenvalue weighted by Gasteiger charge is 2.15. The zero-order valence-corrected chi connectivity index (χ0v) is 12.2. The molecule has 112 valence electrons. The fraction of sp³-hybridized carbons (Fsp3) is 0.417. The number of hydrogen-bond acceptors (Lipinski definition) is 5. The lowest BCUT2D eigenvalue weighted by Gasteiger charge is -2.13. The average Bonchev–Trinajstić information content (AvgIpc) is 2.30. The molecule has 1 aromatic rings. The number of carbonyl (C=O) groups excluding carboxylic acids is 1. The first-order valence-electron chi connectivity index (χ1n) is 6.17. The summed E-state index contributed by atoms with van der Waals surface area (Å²) in [4.78, 5) is 10.6. The van der Waals surface area contributed by atoms with Gasteiger partial charge in [0.25, 0.3) is 0 Å². The molecule has 1 aromatic carbocycles. The van der Waals surface area contributed by atoms with Gasteiger partial charge in [0.1, 0.15) is 0 Å². The summed E-state index contributed by atoms with van der Waals surface area (Å²) in [5.41, 5.74) is 12.2. The van der Waals surface area contributed by atoms with Crippen molar-refractivity contribution >= 4 is 27.3 Å². The fourth-order valence-electron chi connectivity index (χ4n) is 1.84. The van der Waals surface area contributed by atoms with Gasteiger partial charge in [0, 0.05) is 24.3 Å². The monoisotopic (exact) mass is 300 g/mol. The first kappa shape index (κ1) is 16.3. The van der Waals surface area contributed by atoms with Crippen molar-refractivity contribution in [2.75, 3.05) is 17.6 Å². The number of nitrogens with one attached hydrogen (secondary N) is 1. The van der Waals surface area contributed by atoms with Crippen molar-refractivity contribution in [3.05, 3.63) is 17.7 Å². The highest BCUT2D eigenvalue weighted by molar-refractivity contribution is 7.89. The number of nitrogens with two attached hydrogens (primary N) is 3. The van der Waals surface area contributed by atoms with Gasteiger partial charge in [-0.05, 0) is 37.5 Å². The Morgan fingerprint density at radius 1 is 1.30 bits per heavy atom. The number of primary amides is 1. The van der Waals surface area contributed by atoms with Crippen LogP contribution in [0.4, 0.5) is 11.4 Å². The fourth-order valence-corrected chi connectivity index (χ4v) is 2.67. The number of anilines is 2. The van der Waals surface area contributed by atoms with Crippen LogP contribution in [0.15, 0.2) is 17.0 Å². The lowest BCUT2D eigenvalue weighted by molar-refractivity contribution is -0.118. The minimum absolute atomic E-state index is 0.0112. The van der Waals surface area contributed by atoms with Crippen molar-refractivity contribution in [2.24, 2.45) is 10.9 Å². The predicted molar refractivity (Wildman–Crippen MR) is 78.5 cm³/mol. The van der Waals surface area contributed by atoms with Gasteiger partial charge in [0.05, 0.1) is 4.90 Å². The summed E-state index contributed by atoms with van der Waals surface area (Å²) < 4.78 is 22.9. The van der Waals surface area contributed by atoms with Gasteiger partial charge in [0.15, 0.2) is 0 Å². The molecule has 0 saturated carbocycles. The van der Waals surface area contributed by atoms with Gasteiger partial charge in [-0.3, -0.25) is 4.79 Å². The van der Waals surface area contributed by atoms with Gasteiger partial charge in [-0.2, -0.15) is 0 Å². The Labute approximate surface area is 118 Å². The highest BCUT2D eigenvalue weighted by Crippen LogP contribution is 2.26. The summed E-state index contributed by atoms with van der Waals surface area (Å²) >= 11 is 0. The molecule has 1 rings (SSSR count). The van der Waals surface area contributed by atoms with Crippen molar-refractivity contribution < 1.29 is 13.2 Å². The zero-order valence-electron chi connectivity index (χ0n) is 11.3. The molecule has 20 heavy (non-hydrogen) atoms. The Morgan fingerprint density at radius 2 is 1.95 bits per heavy atom. The van der Waals surface area contributed by atoms with E-state index in [0.29, 0.717) is 36.3 Å². The first-order valence-corrected chi connectivity index (χ1v) is 7.71. The SMILES string of the molecule is Cc1c(NCCCCC(N)=O)cc(N)cc1S(N)(=O)=O. The molecule has 0 aromatic heterocycles. The van der Waals surface area contributed by atoms with Crippen molar-refractivity contribution in [3.63, 3.8) is 0 Å². The Hall–Kier alpha value is -1.80. The number of primary sulfonamides is 1.